The largest absolute Gasteiger partial charge is 0.417 e. The van der Waals surface area contributed by atoms with Crippen molar-refractivity contribution in [2.24, 2.45) is 10.8 Å². The van der Waals surface area contributed by atoms with Crippen LogP contribution in [0.25, 0.3) is 0 Å². The lowest BCUT2D eigenvalue weighted by Gasteiger charge is -2.09. The van der Waals surface area contributed by atoms with E-state index in [9.17, 15) is 22.8 Å². The van der Waals surface area contributed by atoms with Crippen LogP contribution in [0.5, 0.6) is 0 Å². The summed E-state index contributed by atoms with van der Waals surface area (Å²) in [6, 6.07) is 8.99. The fraction of sp³-hybridized carbons (Fsp3) is 0.0625. The predicted molar refractivity (Wildman–Crippen MR) is 86.5 cm³/mol. The molecule has 0 radical (unpaired) electrons. The van der Waals surface area contributed by atoms with Gasteiger partial charge in [0.25, 0.3) is 5.91 Å². The zero-order chi connectivity index (χ0) is 18.6. The predicted octanol–water partition coefficient (Wildman–Crippen LogP) is 3.22. The van der Waals surface area contributed by atoms with Gasteiger partial charge in [-0.3, -0.25) is 9.59 Å². The van der Waals surface area contributed by atoms with Crippen molar-refractivity contribution in [1.82, 2.24) is 5.43 Å². The van der Waals surface area contributed by atoms with Crippen molar-refractivity contribution in [2.75, 3.05) is 0 Å². The fourth-order valence-electron chi connectivity index (χ4n) is 1.96. The van der Waals surface area contributed by atoms with Crippen LogP contribution >= 0.6 is 11.6 Å². The third-order valence-corrected chi connectivity index (χ3v) is 3.44. The van der Waals surface area contributed by atoms with Crippen LogP contribution in [0.3, 0.4) is 0 Å². The third-order valence-electron chi connectivity index (χ3n) is 3.11. The van der Waals surface area contributed by atoms with E-state index in [4.69, 9.17) is 17.3 Å². The molecule has 0 saturated heterocycles. The first kappa shape index (κ1) is 18.5. The molecule has 0 atom stereocenters. The molecule has 2 aromatic rings. The molecule has 0 heterocycles. The van der Waals surface area contributed by atoms with Crippen LogP contribution in [0.15, 0.2) is 47.6 Å². The third kappa shape index (κ3) is 4.57. The minimum atomic E-state index is -4.61. The molecule has 130 valence electrons. The van der Waals surface area contributed by atoms with E-state index in [1.54, 1.807) is 0 Å². The van der Waals surface area contributed by atoms with Gasteiger partial charge in [-0.2, -0.15) is 18.3 Å². The summed E-state index contributed by atoms with van der Waals surface area (Å²) >= 11 is 5.51. The van der Waals surface area contributed by atoms with E-state index in [2.05, 4.69) is 10.5 Å². The summed E-state index contributed by atoms with van der Waals surface area (Å²) in [6.07, 6.45) is -3.58. The maximum Gasteiger partial charge on any atom is 0.417 e. The monoisotopic (exact) mass is 369 g/mol. The highest BCUT2D eigenvalue weighted by Crippen LogP contribution is 2.34. The molecule has 3 N–H and O–H groups in total. The average molecular weight is 370 g/mol. The van der Waals surface area contributed by atoms with Gasteiger partial charge in [0.15, 0.2) is 0 Å². The Hall–Kier alpha value is -2.87. The first-order valence-corrected chi connectivity index (χ1v) is 7.17. The Balaban J connectivity index is 2.17. The second-order valence-corrected chi connectivity index (χ2v) is 5.25. The van der Waals surface area contributed by atoms with Gasteiger partial charge in [0.05, 0.1) is 27.9 Å². The zero-order valence-electron chi connectivity index (χ0n) is 12.5. The number of nitrogens with two attached hydrogens (primary N) is 1. The van der Waals surface area contributed by atoms with Gasteiger partial charge >= 0.3 is 6.18 Å². The number of carbonyl (C=O) groups is 2. The maximum absolute atomic E-state index is 12.8. The number of amides is 2. The number of hydrogen-bond acceptors (Lipinski definition) is 3. The van der Waals surface area contributed by atoms with Gasteiger partial charge in [0, 0.05) is 0 Å². The second-order valence-electron chi connectivity index (χ2n) is 4.85. The minimum Gasteiger partial charge on any atom is -0.366 e. The number of benzene rings is 2. The summed E-state index contributed by atoms with van der Waals surface area (Å²) in [5.41, 5.74) is 6.36. The number of rotatable bonds is 4. The summed E-state index contributed by atoms with van der Waals surface area (Å²) < 4.78 is 38.3. The summed E-state index contributed by atoms with van der Waals surface area (Å²) in [5.74, 6) is -1.52. The van der Waals surface area contributed by atoms with Crippen LogP contribution in [-0.2, 0) is 6.18 Å². The number of halogens is 4. The smallest absolute Gasteiger partial charge is 0.366 e. The quantitative estimate of drug-likeness (QED) is 0.640. The Kier molecular flexibility index (Phi) is 5.43. The van der Waals surface area contributed by atoms with Crippen LogP contribution in [0, 0.1) is 0 Å². The van der Waals surface area contributed by atoms with Gasteiger partial charge in [-0.15, -0.1) is 0 Å². The number of nitrogens with one attached hydrogen (secondary N) is 1. The van der Waals surface area contributed by atoms with Gasteiger partial charge < -0.3 is 5.73 Å². The number of carbonyl (C=O) groups excluding carboxylic acids is 2. The summed E-state index contributed by atoms with van der Waals surface area (Å²) in [7, 11) is 0. The maximum atomic E-state index is 12.8. The van der Waals surface area contributed by atoms with E-state index in [0.717, 1.165) is 18.3 Å². The number of primary amides is 1. The highest BCUT2D eigenvalue weighted by Gasteiger charge is 2.33. The van der Waals surface area contributed by atoms with Crippen LogP contribution in [0.2, 0.25) is 5.02 Å². The molecule has 0 aliphatic rings. The van der Waals surface area contributed by atoms with Crippen molar-refractivity contribution in [1.29, 1.82) is 0 Å². The fourth-order valence-corrected chi connectivity index (χ4v) is 2.19. The Morgan fingerprint density at radius 1 is 1.12 bits per heavy atom. The van der Waals surface area contributed by atoms with Crippen LogP contribution < -0.4 is 11.2 Å². The Morgan fingerprint density at radius 3 is 2.36 bits per heavy atom. The molecular weight excluding hydrogens is 359 g/mol. The second kappa shape index (κ2) is 7.35. The minimum absolute atomic E-state index is 0.000707. The molecule has 2 aromatic carbocycles. The summed E-state index contributed by atoms with van der Waals surface area (Å²) in [6.45, 7) is 0. The standard InChI is InChI=1S/C16H11ClF3N3O2/c17-13-6-5-9(7-12(13)16(18,19)20)8-22-23-15(25)11-4-2-1-3-10(11)14(21)24/h1-8H,(H2,21,24)(H,23,25). The topological polar surface area (TPSA) is 84.5 Å². The molecular formula is C16H11ClF3N3O2. The Labute approximate surface area is 145 Å². The highest BCUT2D eigenvalue weighted by molar-refractivity contribution is 6.31. The molecule has 0 aliphatic heterocycles. The number of alkyl halides is 3. The van der Waals surface area contributed by atoms with Crippen molar-refractivity contribution < 1.29 is 22.8 Å². The van der Waals surface area contributed by atoms with E-state index in [1.807, 2.05) is 0 Å². The van der Waals surface area contributed by atoms with E-state index in [-0.39, 0.29) is 16.7 Å². The molecule has 0 aliphatic carbocycles. The molecule has 0 saturated carbocycles. The molecule has 0 fully saturated rings. The molecule has 0 unspecified atom stereocenters. The lowest BCUT2D eigenvalue weighted by atomic mass is 10.1. The van der Waals surface area contributed by atoms with Crippen LogP contribution in [-0.4, -0.2) is 18.0 Å². The van der Waals surface area contributed by atoms with Crippen LogP contribution in [0.1, 0.15) is 31.8 Å². The average Bonchev–Trinajstić information content (AvgIpc) is 2.55. The lowest BCUT2D eigenvalue weighted by Crippen LogP contribution is -2.23. The van der Waals surface area contributed by atoms with E-state index < -0.39 is 28.6 Å². The van der Waals surface area contributed by atoms with Gasteiger partial charge in [-0.25, -0.2) is 5.43 Å². The number of nitrogens with zero attached hydrogens (tertiary/aromatic N) is 1. The van der Waals surface area contributed by atoms with E-state index in [1.165, 1.54) is 30.3 Å². The van der Waals surface area contributed by atoms with Crippen molar-refractivity contribution in [2.45, 2.75) is 6.18 Å². The van der Waals surface area contributed by atoms with E-state index >= 15 is 0 Å². The molecule has 0 bridgehead atoms. The lowest BCUT2D eigenvalue weighted by molar-refractivity contribution is -0.137. The molecule has 0 aromatic heterocycles. The number of hydrogen-bond donors (Lipinski definition) is 2. The van der Waals surface area contributed by atoms with Gasteiger partial charge in [-0.1, -0.05) is 29.8 Å². The molecule has 0 spiro atoms. The van der Waals surface area contributed by atoms with Gasteiger partial charge in [0.1, 0.15) is 0 Å². The Bertz CT molecular complexity index is 851. The highest BCUT2D eigenvalue weighted by atomic mass is 35.5. The molecule has 5 nitrogen and oxygen atoms in total. The normalized spacial score (nSPS) is 11.5. The van der Waals surface area contributed by atoms with Crippen molar-refractivity contribution in [3.05, 3.63) is 69.7 Å². The Morgan fingerprint density at radius 2 is 1.76 bits per heavy atom. The van der Waals surface area contributed by atoms with E-state index in [0.29, 0.717) is 0 Å². The van der Waals surface area contributed by atoms with Crippen molar-refractivity contribution in [3.8, 4) is 0 Å². The summed E-state index contributed by atoms with van der Waals surface area (Å²) in [5, 5.41) is 3.14. The molecule has 2 amide bonds. The SMILES string of the molecule is NC(=O)c1ccccc1C(=O)NN=Cc1ccc(Cl)c(C(F)(F)F)c1. The zero-order valence-corrected chi connectivity index (χ0v) is 13.2. The van der Waals surface area contributed by atoms with Crippen molar-refractivity contribution >= 4 is 29.6 Å². The van der Waals surface area contributed by atoms with Crippen molar-refractivity contribution in [3.63, 3.8) is 0 Å². The molecule has 25 heavy (non-hydrogen) atoms. The van der Waals surface area contributed by atoms with Gasteiger partial charge in [-0.05, 0) is 29.8 Å². The van der Waals surface area contributed by atoms with Crippen LogP contribution in [0.4, 0.5) is 13.2 Å². The molecule has 9 heteroatoms. The first-order valence-electron chi connectivity index (χ1n) is 6.79. The summed E-state index contributed by atoms with van der Waals surface area (Å²) in [4.78, 5) is 23.3. The first-order chi connectivity index (χ1) is 11.7. The molecule has 2 rings (SSSR count). The number of hydrazone groups is 1. The van der Waals surface area contributed by atoms with Gasteiger partial charge in [0.2, 0.25) is 5.91 Å².